The summed E-state index contributed by atoms with van der Waals surface area (Å²) in [6.45, 7) is 0. The quantitative estimate of drug-likeness (QED) is 0.779. The van der Waals surface area contributed by atoms with Gasteiger partial charge in [-0.3, -0.25) is 4.57 Å². The zero-order valence-corrected chi connectivity index (χ0v) is 13.2. The van der Waals surface area contributed by atoms with Gasteiger partial charge in [0.2, 0.25) is 11.9 Å². The Labute approximate surface area is 142 Å². The fourth-order valence-electron chi connectivity index (χ4n) is 2.83. The maximum absolute atomic E-state index is 6.26. The smallest absolute Gasteiger partial charge is 0.242 e. The molecule has 116 valence electrons. The summed E-state index contributed by atoms with van der Waals surface area (Å²) in [5.74, 6) is 3.19. The van der Waals surface area contributed by atoms with E-state index in [1.165, 1.54) is 0 Å². The summed E-state index contributed by atoms with van der Waals surface area (Å²) in [7, 11) is 0. The van der Waals surface area contributed by atoms with Gasteiger partial charge < -0.3 is 0 Å². The number of rotatable bonds is 1. The lowest BCUT2D eigenvalue weighted by Gasteiger charge is -2.32. The number of halogens is 1. The molecule has 0 spiro atoms. The monoisotopic (exact) mass is 334 g/mol. The minimum absolute atomic E-state index is 0.0535. The third-order valence-electron chi connectivity index (χ3n) is 3.93. The first-order valence-corrected chi connectivity index (χ1v) is 7.88. The molecule has 1 aromatic heterocycles. The average molecular weight is 335 g/mol. The number of amidine groups is 2. The molecule has 0 bridgehead atoms. The number of nitrogens with zero attached hydrogens (tertiary/aromatic N) is 6. The minimum Gasteiger partial charge on any atom is -0.293 e. The molecule has 4 heterocycles. The highest BCUT2D eigenvalue weighted by atomic mass is 35.5. The molecule has 0 fully saturated rings. The second-order valence-electron chi connectivity index (χ2n) is 5.52. The molecule has 3 aliphatic heterocycles. The van der Waals surface area contributed by atoms with Crippen LogP contribution >= 0.6 is 11.6 Å². The van der Waals surface area contributed by atoms with Gasteiger partial charge in [0.05, 0.1) is 5.92 Å². The van der Waals surface area contributed by atoms with Crippen LogP contribution in [0.3, 0.4) is 0 Å². The third-order valence-corrected chi connectivity index (χ3v) is 4.15. The molecule has 0 amide bonds. The minimum atomic E-state index is 0.0535. The van der Waals surface area contributed by atoms with Gasteiger partial charge >= 0.3 is 0 Å². The maximum atomic E-state index is 6.26. The van der Waals surface area contributed by atoms with E-state index in [-0.39, 0.29) is 5.92 Å². The van der Waals surface area contributed by atoms with Crippen molar-refractivity contribution in [3.05, 3.63) is 71.8 Å². The maximum Gasteiger partial charge on any atom is 0.242 e. The fraction of sp³-hybridized carbons (Fsp3) is 0.0588. The van der Waals surface area contributed by atoms with E-state index in [2.05, 4.69) is 20.0 Å². The number of aliphatic imine (C=N–C) groups is 4. The highest BCUT2D eigenvalue weighted by Crippen LogP contribution is 2.28. The summed E-state index contributed by atoms with van der Waals surface area (Å²) in [4.78, 5) is 20.3. The Kier molecular flexibility index (Phi) is 2.80. The molecule has 4 aliphatic rings. The summed E-state index contributed by atoms with van der Waals surface area (Å²) >= 11 is 6.26. The topological polar surface area (TPSA) is 57.6 Å². The van der Waals surface area contributed by atoms with Gasteiger partial charge in [0.25, 0.3) is 0 Å². The van der Waals surface area contributed by atoms with Crippen molar-refractivity contribution in [2.75, 3.05) is 0 Å². The Morgan fingerprint density at radius 2 is 1.67 bits per heavy atom. The Morgan fingerprint density at radius 1 is 0.875 bits per heavy atom. The van der Waals surface area contributed by atoms with E-state index in [9.17, 15) is 0 Å². The van der Waals surface area contributed by atoms with Crippen molar-refractivity contribution < 1.29 is 0 Å². The van der Waals surface area contributed by atoms with Gasteiger partial charge in [0.1, 0.15) is 17.5 Å². The summed E-state index contributed by atoms with van der Waals surface area (Å²) in [6, 6.07) is 3.85. The van der Waals surface area contributed by atoms with Crippen molar-refractivity contribution in [2.24, 2.45) is 25.9 Å². The molecule has 6 nitrogen and oxygen atoms in total. The van der Waals surface area contributed by atoms with Gasteiger partial charge in [-0.05, 0) is 12.1 Å². The van der Waals surface area contributed by atoms with Crippen LogP contribution in [0.4, 0.5) is 0 Å². The molecule has 0 aromatic carbocycles. The summed E-state index contributed by atoms with van der Waals surface area (Å²) in [6.07, 6.45) is 15.5. The molecule has 0 N–H and O–H groups in total. The van der Waals surface area contributed by atoms with Crippen LogP contribution in [0.1, 0.15) is 0 Å². The van der Waals surface area contributed by atoms with E-state index in [0.29, 0.717) is 34.4 Å². The van der Waals surface area contributed by atoms with Crippen LogP contribution in [0.2, 0.25) is 0 Å². The number of hydrogen-bond acceptors (Lipinski definition) is 5. The first-order chi connectivity index (χ1) is 11.8. The predicted octanol–water partition coefficient (Wildman–Crippen LogP) is 2.89. The van der Waals surface area contributed by atoms with Gasteiger partial charge in [0, 0.05) is 29.6 Å². The molecule has 1 aromatic rings. The lowest BCUT2D eigenvalue weighted by atomic mass is 10.1. The molecule has 5 rings (SSSR count). The second kappa shape index (κ2) is 5.01. The van der Waals surface area contributed by atoms with Crippen molar-refractivity contribution >= 4 is 35.2 Å². The van der Waals surface area contributed by atoms with Gasteiger partial charge in [0.15, 0.2) is 0 Å². The molecule has 7 heteroatoms. The summed E-state index contributed by atoms with van der Waals surface area (Å²) in [5.41, 5.74) is 0. The molecule has 0 radical (unpaired) electrons. The van der Waals surface area contributed by atoms with Crippen molar-refractivity contribution in [2.45, 2.75) is 0 Å². The van der Waals surface area contributed by atoms with E-state index in [1.807, 2.05) is 58.3 Å². The highest BCUT2D eigenvalue weighted by Gasteiger charge is 2.33. The standard InChI is InChI=1S/C17H11ClN6/c18-12-9-13-19-15(11-5-1-2-6-11)21-17-22-16(23-7-3-4-8-23)20-14(10-12)24(13)17/h1-11H. The molecular formula is C17H11ClN6. The highest BCUT2D eigenvalue weighted by molar-refractivity contribution is 6.35. The number of hydrogen-bond donors (Lipinski definition) is 0. The van der Waals surface area contributed by atoms with Gasteiger partial charge in [-0.15, -0.1) is 0 Å². The fourth-order valence-corrected chi connectivity index (χ4v) is 3.02. The lowest BCUT2D eigenvalue weighted by Crippen LogP contribution is -2.43. The molecule has 0 saturated heterocycles. The van der Waals surface area contributed by atoms with Crippen LogP contribution < -0.4 is 0 Å². The first-order valence-electron chi connectivity index (χ1n) is 7.50. The van der Waals surface area contributed by atoms with E-state index in [0.717, 1.165) is 0 Å². The Balaban J connectivity index is 1.67. The normalized spacial score (nSPS) is 21.6. The largest absolute Gasteiger partial charge is 0.293 e. The van der Waals surface area contributed by atoms with Gasteiger partial charge in [-0.2, -0.15) is 15.0 Å². The number of allylic oxidation sites excluding steroid dienone is 4. The Morgan fingerprint density at radius 3 is 2.46 bits per heavy atom. The SMILES string of the molecule is ClC1=CC2=NC(n3cccc3)=NC3=NC(C4C=CC=C4)=NC(=C1)N23. The van der Waals surface area contributed by atoms with Crippen LogP contribution in [0.5, 0.6) is 0 Å². The zero-order valence-electron chi connectivity index (χ0n) is 12.4. The van der Waals surface area contributed by atoms with Gasteiger partial charge in [-0.25, -0.2) is 9.89 Å². The van der Waals surface area contributed by atoms with Crippen LogP contribution in [0, 0.1) is 5.92 Å². The molecule has 0 saturated carbocycles. The van der Waals surface area contributed by atoms with Gasteiger partial charge in [-0.1, -0.05) is 35.9 Å². The summed E-state index contributed by atoms with van der Waals surface area (Å²) < 4.78 is 1.84. The van der Waals surface area contributed by atoms with Crippen molar-refractivity contribution in [3.8, 4) is 0 Å². The van der Waals surface area contributed by atoms with Crippen molar-refractivity contribution in [1.29, 1.82) is 0 Å². The summed E-state index contributed by atoms with van der Waals surface area (Å²) in [5, 5.41) is 0.579. The molecular weight excluding hydrogens is 324 g/mol. The van der Waals surface area contributed by atoms with E-state index in [1.54, 1.807) is 12.2 Å². The molecule has 0 unspecified atom stereocenters. The zero-order chi connectivity index (χ0) is 16.1. The number of guanidine groups is 1. The van der Waals surface area contributed by atoms with Crippen molar-refractivity contribution in [1.82, 2.24) is 9.47 Å². The van der Waals surface area contributed by atoms with Crippen LogP contribution in [-0.2, 0) is 0 Å². The first kappa shape index (κ1) is 13.4. The van der Waals surface area contributed by atoms with Crippen LogP contribution in [0.15, 0.2) is 91.8 Å². The molecule has 0 atom stereocenters. The molecule has 1 aliphatic carbocycles. The molecule has 24 heavy (non-hydrogen) atoms. The van der Waals surface area contributed by atoms with Crippen LogP contribution in [-0.4, -0.2) is 33.1 Å². The van der Waals surface area contributed by atoms with E-state index < -0.39 is 0 Å². The lowest BCUT2D eigenvalue weighted by molar-refractivity contribution is 0.702. The number of aromatic nitrogens is 1. The van der Waals surface area contributed by atoms with E-state index >= 15 is 0 Å². The van der Waals surface area contributed by atoms with Crippen LogP contribution in [0.25, 0.3) is 0 Å². The predicted molar refractivity (Wildman–Crippen MR) is 95.2 cm³/mol. The Hall–Kier alpha value is -2.99. The van der Waals surface area contributed by atoms with Crippen molar-refractivity contribution in [3.63, 3.8) is 0 Å². The second-order valence-corrected chi connectivity index (χ2v) is 5.95. The Bertz CT molecular complexity index is 957. The third kappa shape index (κ3) is 2.04. The van der Waals surface area contributed by atoms with E-state index in [4.69, 9.17) is 11.6 Å². The average Bonchev–Trinajstić information content (AvgIpc) is 3.28.